The molecule has 0 bridgehead atoms. The maximum atomic E-state index is 12.9. The highest BCUT2D eigenvalue weighted by Crippen LogP contribution is 2.25. The summed E-state index contributed by atoms with van der Waals surface area (Å²) in [5, 5.41) is 20.5. The van der Waals surface area contributed by atoms with E-state index in [0.29, 0.717) is 45.5 Å². The van der Waals surface area contributed by atoms with E-state index in [-0.39, 0.29) is 19.1 Å². The van der Waals surface area contributed by atoms with Crippen LogP contribution >= 0.6 is 0 Å². The van der Waals surface area contributed by atoms with Crippen LogP contribution in [0.5, 0.6) is 5.75 Å². The fraction of sp³-hybridized carbons (Fsp3) is 0.304. The Bertz CT molecular complexity index is 1150. The van der Waals surface area contributed by atoms with Gasteiger partial charge in [-0.3, -0.25) is 9.36 Å². The molecule has 3 aromatic rings. The number of hydrogen-bond donors (Lipinski definition) is 4. The van der Waals surface area contributed by atoms with E-state index >= 15 is 0 Å². The van der Waals surface area contributed by atoms with Gasteiger partial charge in [0.1, 0.15) is 24.5 Å². The van der Waals surface area contributed by atoms with Gasteiger partial charge in [0.05, 0.1) is 29.1 Å². The molecular formula is C23H28N6O3. The van der Waals surface area contributed by atoms with Gasteiger partial charge in [0.15, 0.2) is 0 Å². The number of carbonyl (C=O) groups excluding carboxylic acids is 1. The number of nitrogens with zero attached hydrogens (tertiary/aromatic N) is 3. The quantitative estimate of drug-likeness (QED) is 0.316. The molecule has 168 valence electrons. The van der Waals surface area contributed by atoms with Crippen LogP contribution in [0.15, 0.2) is 42.9 Å². The molecule has 3 rings (SSSR count). The van der Waals surface area contributed by atoms with Crippen LogP contribution < -0.4 is 15.8 Å². The first-order chi connectivity index (χ1) is 15.1. The summed E-state index contributed by atoms with van der Waals surface area (Å²) in [5.74, 6) is 0.695. The molecule has 1 aromatic carbocycles. The Kier molecular flexibility index (Phi) is 6.59. The van der Waals surface area contributed by atoms with Gasteiger partial charge in [0, 0.05) is 23.2 Å². The number of imidazole rings is 1. The maximum Gasteiger partial charge on any atom is 0.252 e. The van der Waals surface area contributed by atoms with Crippen LogP contribution in [0.4, 0.5) is 5.69 Å². The van der Waals surface area contributed by atoms with Gasteiger partial charge < -0.3 is 26.3 Å². The molecule has 0 radical (unpaired) electrons. The Morgan fingerprint density at radius 2 is 2.06 bits per heavy atom. The SMILES string of the molecule is CC(=N)c1c(N)cccc1OCC(C)(C)NC(=O)c1ccnc(-n2cnc(C)c2CO)c1. The lowest BCUT2D eigenvalue weighted by Gasteiger charge is -2.27. The fourth-order valence-corrected chi connectivity index (χ4v) is 3.29. The predicted octanol–water partition coefficient (Wildman–Crippen LogP) is 2.63. The molecule has 9 nitrogen and oxygen atoms in total. The van der Waals surface area contributed by atoms with Gasteiger partial charge in [-0.2, -0.15) is 0 Å². The Balaban J connectivity index is 1.74. The molecule has 0 saturated heterocycles. The second kappa shape index (κ2) is 9.19. The zero-order valence-corrected chi connectivity index (χ0v) is 18.6. The molecule has 0 unspecified atom stereocenters. The summed E-state index contributed by atoms with van der Waals surface area (Å²) in [5.41, 5.74) is 8.33. The Hall–Kier alpha value is -3.72. The number of amides is 1. The monoisotopic (exact) mass is 436 g/mol. The third kappa shape index (κ3) is 4.94. The van der Waals surface area contributed by atoms with Crippen LogP contribution in [0.1, 0.15) is 48.1 Å². The molecule has 0 spiro atoms. The first-order valence-electron chi connectivity index (χ1n) is 10.1. The number of nitrogens with two attached hydrogens (primary N) is 1. The molecule has 0 aliphatic carbocycles. The predicted molar refractivity (Wildman–Crippen MR) is 122 cm³/mol. The summed E-state index contributed by atoms with van der Waals surface area (Å²) in [4.78, 5) is 21.4. The number of nitrogens with one attached hydrogen (secondary N) is 2. The van der Waals surface area contributed by atoms with E-state index in [1.807, 2.05) is 13.8 Å². The average Bonchev–Trinajstić information content (AvgIpc) is 3.12. The lowest BCUT2D eigenvalue weighted by Crippen LogP contribution is -2.48. The summed E-state index contributed by atoms with van der Waals surface area (Å²) in [6.45, 7) is 7.13. The number of carbonyl (C=O) groups is 1. The second-order valence-electron chi connectivity index (χ2n) is 8.18. The highest BCUT2D eigenvalue weighted by molar-refractivity contribution is 6.03. The lowest BCUT2D eigenvalue weighted by molar-refractivity contribution is 0.0880. The van der Waals surface area contributed by atoms with E-state index < -0.39 is 5.54 Å². The van der Waals surface area contributed by atoms with Gasteiger partial charge in [0.25, 0.3) is 5.91 Å². The number of nitrogen functional groups attached to an aromatic ring is 1. The maximum absolute atomic E-state index is 12.9. The number of aliphatic hydroxyl groups excluding tert-OH is 1. The average molecular weight is 437 g/mol. The molecule has 0 fully saturated rings. The van der Waals surface area contributed by atoms with Crippen LogP contribution in [0.25, 0.3) is 5.82 Å². The molecule has 0 aliphatic heterocycles. The molecule has 0 atom stereocenters. The zero-order chi connectivity index (χ0) is 23.5. The number of pyridine rings is 1. The van der Waals surface area contributed by atoms with Gasteiger partial charge in [-0.05, 0) is 52.0 Å². The summed E-state index contributed by atoms with van der Waals surface area (Å²) < 4.78 is 7.57. The van der Waals surface area contributed by atoms with Crippen molar-refractivity contribution >= 4 is 17.3 Å². The molecule has 0 aliphatic rings. The van der Waals surface area contributed by atoms with Gasteiger partial charge in [0.2, 0.25) is 0 Å². The van der Waals surface area contributed by atoms with Crippen molar-refractivity contribution in [3.05, 3.63) is 65.4 Å². The number of anilines is 1. The molecule has 2 aromatic heterocycles. The summed E-state index contributed by atoms with van der Waals surface area (Å²) in [6.07, 6.45) is 3.10. The molecule has 32 heavy (non-hydrogen) atoms. The summed E-state index contributed by atoms with van der Waals surface area (Å²) in [7, 11) is 0. The van der Waals surface area contributed by atoms with E-state index in [1.165, 1.54) is 6.20 Å². The van der Waals surface area contributed by atoms with Crippen LogP contribution in [-0.4, -0.2) is 43.4 Å². The van der Waals surface area contributed by atoms with Crippen LogP contribution in [0.2, 0.25) is 0 Å². The van der Waals surface area contributed by atoms with Crippen LogP contribution in [0, 0.1) is 12.3 Å². The standard InChI is InChI=1S/C23H28N6O3/c1-14(24)21-17(25)6-5-7-19(21)32-12-23(3,4)28-22(31)16-8-9-26-20(10-16)29-13-27-15(2)18(29)11-30/h5-10,13,24,30H,11-12,25H2,1-4H3,(H,28,31). The van der Waals surface area contributed by atoms with Crippen molar-refractivity contribution in [2.75, 3.05) is 12.3 Å². The molecular weight excluding hydrogens is 408 g/mol. The van der Waals surface area contributed by atoms with Crippen molar-refractivity contribution in [2.24, 2.45) is 0 Å². The number of rotatable bonds is 8. The van der Waals surface area contributed by atoms with Crippen molar-refractivity contribution < 1.29 is 14.6 Å². The smallest absolute Gasteiger partial charge is 0.252 e. The van der Waals surface area contributed by atoms with Crippen LogP contribution in [0.3, 0.4) is 0 Å². The van der Waals surface area contributed by atoms with Gasteiger partial charge >= 0.3 is 0 Å². The number of aryl methyl sites for hydroxylation is 1. The first-order valence-corrected chi connectivity index (χ1v) is 10.1. The molecule has 2 heterocycles. The number of ether oxygens (including phenoxy) is 1. The minimum Gasteiger partial charge on any atom is -0.490 e. The molecule has 9 heteroatoms. The second-order valence-corrected chi connectivity index (χ2v) is 8.18. The Morgan fingerprint density at radius 1 is 1.31 bits per heavy atom. The molecule has 1 amide bonds. The lowest BCUT2D eigenvalue weighted by atomic mass is 10.1. The Labute approximate surface area is 186 Å². The first kappa shape index (κ1) is 23.0. The third-order valence-corrected chi connectivity index (χ3v) is 4.95. The Morgan fingerprint density at radius 3 is 2.75 bits per heavy atom. The molecule has 5 N–H and O–H groups in total. The van der Waals surface area contributed by atoms with E-state index in [9.17, 15) is 9.90 Å². The van der Waals surface area contributed by atoms with E-state index in [2.05, 4.69) is 15.3 Å². The van der Waals surface area contributed by atoms with Gasteiger partial charge in [-0.25, -0.2) is 9.97 Å². The van der Waals surface area contributed by atoms with Crippen molar-refractivity contribution in [1.82, 2.24) is 19.9 Å². The van der Waals surface area contributed by atoms with E-state index in [0.717, 1.165) is 0 Å². The minimum atomic E-state index is -0.708. The number of benzene rings is 1. The van der Waals surface area contributed by atoms with Gasteiger partial charge in [-0.1, -0.05) is 6.07 Å². The van der Waals surface area contributed by atoms with Crippen molar-refractivity contribution in [2.45, 2.75) is 39.8 Å². The minimum absolute atomic E-state index is 0.176. The molecule has 0 saturated carbocycles. The van der Waals surface area contributed by atoms with E-state index in [1.54, 1.807) is 55.1 Å². The normalized spacial score (nSPS) is 11.3. The largest absolute Gasteiger partial charge is 0.490 e. The van der Waals surface area contributed by atoms with Crippen LogP contribution in [-0.2, 0) is 6.61 Å². The number of aliphatic hydroxyl groups is 1. The van der Waals surface area contributed by atoms with Crippen molar-refractivity contribution in [3.8, 4) is 11.6 Å². The zero-order valence-electron chi connectivity index (χ0n) is 18.6. The summed E-state index contributed by atoms with van der Waals surface area (Å²) in [6, 6.07) is 8.49. The number of hydrogen-bond acceptors (Lipinski definition) is 7. The van der Waals surface area contributed by atoms with Gasteiger partial charge in [-0.15, -0.1) is 0 Å². The van der Waals surface area contributed by atoms with Crippen molar-refractivity contribution in [3.63, 3.8) is 0 Å². The number of aromatic nitrogens is 3. The van der Waals surface area contributed by atoms with E-state index in [4.69, 9.17) is 15.9 Å². The fourth-order valence-electron chi connectivity index (χ4n) is 3.29. The summed E-state index contributed by atoms with van der Waals surface area (Å²) >= 11 is 0. The highest BCUT2D eigenvalue weighted by atomic mass is 16.5. The third-order valence-electron chi connectivity index (χ3n) is 4.95. The highest BCUT2D eigenvalue weighted by Gasteiger charge is 2.24. The van der Waals surface area contributed by atoms with Crippen molar-refractivity contribution in [1.29, 1.82) is 5.41 Å². The topological polar surface area (TPSA) is 139 Å².